The predicted molar refractivity (Wildman–Crippen MR) is 67.0 cm³/mol. The van der Waals surface area contributed by atoms with E-state index in [-0.39, 0.29) is 0 Å². The molecule has 2 unspecified atom stereocenters. The summed E-state index contributed by atoms with van der Waals surface area (Å²) in [7, 11) is 0. The highest BCUT2D eigenvalue weighted by Crippen LogP contribution is 2.27. The minimum Gasteiger partial charge on any atom is -0.314 e. The zero-order valence-corrected chi connectivity index (χ0v) is 10.7. The van der Waals surface area contributed by atoms with Gasteiger partial charge < -0.3 is 5.32 Å². The fourth-order valence-corrected chi connectivity index (χ4v) is 2.61. The van der Waals surface area contributed by atoms with Crippen LogP contribution in [-0.4, -0.2) is 24.1 Å². The van der Waals surface area contributed by atoms with E-state index >= 15 is 0 Å². The van der Waals surface area contributed by atoms with Crippen molar-refractivity contribution in [3.05, 3.63) is 0 Å². The van der Waals surface area contributed by atoms with Crippen molar-refractivity contribution in [2.24, 2.45) is 5.92 Å². The van der Waals surface area contributed by atoms with Gasteiger partial charge in [0, 0.05) is 11.3 Å². The van der Waals surface area contributed by atoms with Gasteiger partial charge in [0.2, 0.25) is 0 Å². The van der Waals surface area contributed by atoms with E-state index in [0.29, 0.717) is 0 Å². The van der Waals surface area contributed by atoms with Crippen LogP contribution < -0.4 is 5.32 Å². The van der Waals surface area contributed by atoms with Gasteiger partial charge in [-0.15, -0.1) is 0 Å². The maximum atomic E-state index is 3.68. The average Bonchev–Trinajstić information content (AvgIpc) is 2.70. The Balaban J connectivity index is 2.05. The Morgan fingerprint density at radius 3 is 2.50 bits per heavy atom. The molecule has 0 aromatic heterocycles. The van der Waals surface area contributed by atoms with Crippen LogP contribution in [0.2, 0.25) is 0 Å². The van der Waals surface area contributed by atoms with Gasteiger partial charge in [-0.25, -0.2) is 0 Å². The second-order valence-electron chi connectivity index (χ2n) is 4.62. The Labute approximate surface area is 93.4 Å². The van der Waals surface area contributed by atoms with Crippen molar-refractivity contribution < 1.29 is 0 Å². The van der Waals surface area contributed by atoms with Gasteiger partial charge in [-0.05, 0) is 44.9 Å². The predicted octanol–water partition coefficient (Wildman–Crippen LogP) is 3.30. The lowest BCUT2D eigenvalue weighted by atomic mass is 10.00. The Morgan fingerprint density at radius 2 is 1.93 bits per heavy atom. The van der Waals surface area contributed by atoms with E-state index in [1.807, 2.05) is 11.8 Å². The van der Waals surface area contributed by atoms with Gasteiger partial charge in [0.1, 0.15) is 0 Å². The van der Waals surface area contributed by atoms with E-state index in [2.05, 4.69) is 25.4 Å². The Kier molecular flexibility index (Phi) is 5.95. The van der Waals surface area contributed by atoms with Crippen LogP contribution >= 0.6 is 11.8 Å². The van der Waals surface area contributed by atoms with Crippen LogP contribution in [0.5, 0.6) is 0 Å². The molecule has 1 fully saturated rings. The molecule has 2 atom stereocenters. The standard InChI is InChI=1S/C12H25NS/c1-10(14-3)8-9-13-11(2)12-6-4-5-7-12/h10-13H,4-9H2,1-3H3. The summed E-state index contributed by atoms with van der Waals surface area (Å²) in [6.45, 7) is 5.87. The lowest BCUT2D eigenvalue weighted by Gasteiger charge is -2.21. The van der Waals surface area contributed by atoms with Crippen LogP contribution in [0.3, 0.4) is 0 Å². The van der Waals surface area contributed by atoms with Crippen LogP contribution in [0.25, 0.3) is 0 Å². The first kappa shape index (κ1) is 12.4. The largest absolute Gasteiger partial charge is 0.314 e. The summed E-state index contributed by atoms with van der Waals surface area (Å²) < 4.78 is 0. The van der Waals surface area contributed by atoms with Gasteiger partial charge in [-0.2, -0.15) is 11.8 Å². The second kappa shape index (κ2) is 6.73. The number of thioether (sulfide) groups is 1. The fraction of sp³-hybridized carbons (Fsp3) is 1.00. The van der Waals surface area contributed by atoms with E-state index in [0.717, 1.165) is 17.2 Å². The lowest BCUT2D eigenvalue weighted by Crippen LogP contribution is -2.33. The van der Waals surface area contributed by atoms with Crippen LogP contribution in [0.1, 0.15) is 46.0 Å². The van der Waals surface area contributed by atoms with E-state index in [1.54, 1.807) is 0 Å². The van der Waals surface area contributed by atoms with Crippen LogP contribution in [0.15, 0.2) is 0 Å². The molecule has 0 heterocycles. The van der Waals surface area contributed by atoms with Gasteiger partial charge in [0.05, 0.1) is 0 Å². The first-order valence-corrected chi connectivity index (χ1v) is 7.29. The van der Waals surface area contributed by atoms with E-state index in [9.17, 15) is 0 Å². The molecule has 1 saturated carbocycles. The minimum atomic E-state index is 0.742. The van der Waals surface area contributed by atoms with Crippen molar-refractivity contribution in [1.29, 1.82) is 0 Å². The van der Waals surface area contributed by atoms with Gasteiger partial charge in [0.15, 0.2) is 0 Å². The Hall–Kier alpha value is 0.310. The molecule has 2 heteroatoms. The van der Waals surface area contributed by atoms with Crippen molar-refractivity contribution in [2.45, 2.75) is 57.2 Å². The van der Waals surface area contributed by atoms with Gasteiger partial charge >= 0.3 is 0 Å². The van der Waals surface area contributed by atoms with E-state index in [1.165, 1.54) is 38.6 Å². The van der Waals surface area contributed by atoms with Gasteiger partial charge in [-0.1, -0.05) is 19.8 Å². The maximum Gasteiger partial charge on any atom is 0.00670 e. The van der Waals surface area contributed by atoms with Crippen LogP contribution in [-0.2, 0) is 0 Å². The summed E-state index contributed by atoms with van der Waals surface area (Å²) in [5, 5.41) is 4.48. The zero-order valence-electron chi connectivity index (χ0n) is 9.88. The third-order valence-corrected chi connectivity index (χ3v) is 4.57. The van der Waals surface area contributed by atoms with Crippen molar-refractivity contribution >= 4 is 11.8 Å². The minimum absolute atomic E-state index is 0.742. The summed E-state index contributed by atoms with van der Waals surface area (Å²) in [5.74, 6) is 0.958. The Bertz CT molecular complexity index is 143. The molecule has 84 valence electrons. The monoisotopic (exact) mass is 215 g/mol. The highest BCUT2D eigenvalue weighted by molar-refractivity contribution is 7.99. The smallest absolute Gasteiger partial charge is 0.00670 e. The van der Waals surface area contributed by atoms with Crippen LogP contribution in [0.4, 0.5) is 0 Å². The third-order valence-electron chi connectivity index (χ3n) is 3.53. The first-order chi connectivity index (χ1) is 6.74. The number of rotatable bonds is 6. The molecule has 0 aliphatic heterocycles. The van der Waals surface area contributed by atoms with Crippen molar-refractivity contribution in [3.63, 3.8) is 0 Å². The molecule has 0 bridgehead atoms. The van der Waals surface area contributed by atoms with E-state index in [4.69, 9.17) is 0 Å². The molecule has 1 nitrogen and oxygen atoms in total. The lowest BCUT2D eigenvalue weighted by molar-refractivity contribution is 0.380. The molecule has 1 rings (SSSR count). The summed E-state index contributed by atoms with van der Waals surface area (Å²) >= 11 is 1.97. The Morgan fingerprint density at radius 1 is 1.29 bits per heavy atom. The molecule has 1 aliphatic carbocycles. The fourth-order valence-electron chi connectivity index (χ4n) is 2.26. The molecule has 1 aliphatic rings. The average molecular weight is 215 g/mol. The molecule has 1 N–H and O–H groups in total. The highest BCUT2D eigenvalue weighted by atomic mass is 32.2. The van der Waals surface area contributed by atoms with Crippen molar-refractivity contribution in [3.8, 4) is 0 Å². The van der Waals surface area contributed by atoms with Crippen molar-refractivity contribution in [1.82, 2.24) is 5.32 Å². The normalized spacial score (nSPS) is 22.5. The summed E-state index contributed by atoms with van der Waals surface area (Å²) in [4.78, 5) is 0. The molecular formula is C12H25NS. The van der Waals surface area contributed by atoms with Crippen molar-refractivity contribution in [2.75, 3.05) is 12.8 Å². The molecule has 0 amide bonds. The molecule has 0 radical (unpaired) electrons. The molecular weight excluding hydrogens is 190 g/mol. The summed E-state index contributed by atoms with van der Waals surface area (Å²) in [6, 6.07) is 0.742. The quantitative estimate of drug-likeness (QED) is 0.729. The number of nitrogens with one attached hydrogen (secondary N) is 1. The maximum absolute atomic E-state index is 3.68. The molecule has 0 aromatic carbocycles. The topological polar surface area (TPSA) is 12.0 Å². The third kappa shape index (κ3) is 4.22. The van der Waals surface area contributed by atoms with Gasteiger partial charge in [0.25, 0.3) is 0 Å². The second-order valence-corrected chi connectivity index (χ2v) is 5.90. The SMILES string of the molecule is CSC(C)CCNC(C)C1CCCC1. The molecule has 14 heavy (non-hydrogen) atoms. The van der Waals surface area contributed by atoms with Gasteiger partial charge in [-0.3, -0.25) is 0 Å². The number of hydrogen-bond donors (Lipinski definition) is 1. The molecule has 0 saturated heterocycles. The molecule has 0 aromatic rings. The summed E-state index contributed by atoms with van der Waals surface area (Å²) in [5.41, 5.74) is 0. The van der Waals surface area contributed by atoms with E-state index < -0.39 is 0 Å². The zero-order chi connectivity index (χ0) is 10.4. The summed E-state index contributed by atoms with van der Waals surface area (Å²) in [6.07, 6.45) is 9.32. The number of hydrogen-bond acceptors (Lipinski definition) is 2. The first-order valence-electron chi connectivity index (χ1n) is 6.00. The van der Waals surface area contributed by atoms with Crippen LogP contribution in [0, 0.1) is 5.92 Å². The molecule has 0 spiro atoms. The highest BCUT2D eigenvalue weighted by Gasteiger charge is 2.20.